The van der Waals surface area contributed by atoms with Gasteiger partial charge in [0.1, 0.15) is 0 Å². The van der Waals surface area contributed by atoms with Crippen molar-refractivity contribution in [2.75, 3.05) is 54.0 Å². The lowest BCUT2D eigenvalue weighted by Crippen LogP contribution is -2.50. The molecule has 0 aliphatic rings. The van der Waals surface area contributed by atoms with Gasteiger partial charge in [-0.25, -0.2) is 0 Å². The number of nitrogens with one attached hydrogen (secondary N) is 1. The van der Waals surface area contributed by atoms with Crippen LogP contribution in [-0.2, 0) is 4.74 Å². The average Bonchev–Trinajstić information content (AvgIpc) is 2.29. The van der Waals surface area contributed by atoms with Crippen LogP contribution in [0.4, 0.5) is 0 Å². The first-order valence-corrected chi connectivity index (χ1v) is 7.43. The topological polar surface area (TPSA) is 27.7 Å². The van der Waals surface area contributed by atoms with Crippen molar-refractivity contribution in [2.24, 2.45) is 0 Å². The van der Waals surface area contributed by atoms with E-state index in [4.69, 9.17) is 4.74 Å². The Hall–Kier alpha value is -0.160. The quantitative estimate of drug-likeness (QED) is 0.655. The molecule has 4 heteroatoms. The molecule has 0 saturated heterocycles. The highest BCUT2D eigenvalue weighted by Gasteiger charge is 2.19. The van der Waals surface area contributed by atoms with Crippen LogP contribution in [0.5, 0.6) is 0 Å². The molecule has 0 saturated carbocycles. The summed E-state index contributed by atoms with van der Waals surface area (Å²) in [7, 11) is 6.05. The number of ether oxygens (including phenoxy) is 1. The first-order chi connectivity index (χ1) is 8.80. The maximum Gasteiger partial charge on any atom is 0.0630 e. The van der Waals surface area contributed by atoms with Crippen LogP contribution in [0.15, 0.2) is 0 Å². The molecule has 0 aliphatic heterocycles. The highest BCUT2D eigenvalue weighted by atomic mass is 16.5. The maximum atomic E-state index is 5.39. The number of hydrogen-bond donors (Lipinski definition) is 1. The van der Waals surface area contributed by atoms with Gasteiger partial charge in [0.25, 0.3) is 0 Å². The summed E-state index contributed by atoms with van der Waals surface area (Å²) < 4.78 is 5.39. The van der Waals surface area contributed by atoms with Crippen LogP contribution < -0.4 is 5.32 Å². The summed E-state index contributed by atoms with van der Waals surface area (Å²) in [5.41, 5.74) is 0.162. The van der Waals surface area contributed by atoms with Gasteiger partial charge < -0.3 is 15.0 Å². The van der Waals surface area contributed by atoms with E-state index in [0.29, 0.717) is 6.04 Å². The minimum atomic E-state index is 0.162. The van der Waals surface area contributed by atoms with Gasteiger partial charge in [-0.1, -0.05) is 6.92 Å². The first kappa shape index (κ1) is 18.8. The van der Waals surface area contributed by atoms with Gasteiger partial charge in [-0.2, -0.15) is 0 Å². The van der Waals surface area contributed by atoms with Crippen LogP contribution in [0.1, 0.15) is 34.1 Å². The zero-order valence-electron chi connectivity index (χ0n) is 14.1. The number of likely N-dealkylation sites (N-methyl/N-ethyl adjacent to an activating group) is 1. The lowest BCUT2D eigenvalue weighted by molar-refractivity contribution is 0.0863. The van der Waals surface area contributed by atoms with Crippen molar-refractivity contribution in [3.63, 3.8) is 0 Å². The highest BCUT2D eigenvalue weighted by molar-refractivity contribution is 4.79. The van der Waals surface area contributed by atoms with Crippen LogP contribution in [0, 0.1) is 0 Å². The molecule has 0 radical (unpaired) electrons. The monoisotopic (exact) mass is 273 g/mol. The fraction of sp³-hybridized carbons (Fsp3) is 1.00. The molecule has 0 amide bonds. The van der Waals surface area contributed by atoms with E-state index in [1.807, 2.05) is 0 Å². The van der Waals surface area contributed by atoms with Gasteiger partial charge in [-0.3, -0.25) is 4.90 Å². The normalized spacial score (nSPS) is 14.4. The first-order valence-electron chi connectivity index (χ1n) is 7.43. The Kier molecular flexibility index (Phi) is 9.62. The van der Waals surface area contributed by atoms with E-state index in [-0.39, 0.29) is 5.54 Å². The average molecular weight is 273 g/mol. The third kappa shape index (κ3) is 10.3. The smallest absolute Gasteiger partial charge is 0.0630 e. The van der Waals surface area contributed by atoms with Crippen molar-refractivity contribution < 1.29 is 4.74 Å². The molecule has 0 aromatic heterocycles. The molecule has 0 aromatic rings. The van der Waals surface area contributed by atoms with Gasteiger partial charge in [-0.05, 0) is 60.9 Å². The van der Waals surface area contributed by atoms with Crippen LogP contribution in [0.25, 0.3) is 0 Å². The van der Waals surface area contributed by atoms with Gasteiger partial charge in [0.15, 0.2) is 0 Å². The maximum absolute atomic E-state index is 5.39. The van der Waals surface area contributed by atoms with Crippen molar-refractivity contribution in [3.05, 3.63) is 0 Å². The van der Waals surface area contributed by atoms with Crippen molar-refractivity contribution in [1.29, 1.82) is 0 Å². The van der Waals surface area contributed by atoms with E-state index in [1.54, 1.807) is 7.11 Å². The molecule has 0 spiro atoms. The van der Waals surface area contributed by atoms with E-state index in [9.17, 15) is 0 Å². The number of nitrogens with zero attached hydrogens (tertiary/aromatic N) is 2. The molecule has 0 bridgehead atoms. The molecular formula is C15H35N3O. The molecule has 1 N–H and O–H groups in total. The van der Waals surface area contributed by atoms with E-state index in [2.05, 4.69) is 56.9 Å². The molecule has 0 fully saturated rings. The largest absolute Gasteiger partial charge is 0.383 e. The molecule has 0 aromatic carbocycles. The molecule has 0 aliphatic carbocycles. The van der Waals surface area contributed by atoms with Crippen LogP contribution in [0.2, 0.25) is 0 Å². The minimum Gasteiger partial charge on any atom is -0.383 e. The van der Waals surface area contributed by atoms with Gasteiger partial charge in [0, 0.05) is 25.2 Å². The SMILES string of the molecule is CCN(CCCN(C)C)C(CNC(C)(C)C)COC. The minimum absolute atomic E-state index is 0.162. The Morgan fingerprint density at radius 2 is 1.79 bits per heavy atom. The van der Waals surface area contributed by atoms with Crippen LogP contribution in [0.3, 0.4) is 0 Å². The van der Waals surface area contributed by atoms with Crippen molar-refractivity contribution in [2.45, 2.75) is 45.7 Å². The zero-order chi connectivity index (χ0) is 14.9. The molecule has 1 atom stereocenters. The van der Waals surface area contributed by atoms with E-state index in [1.165, 1.54) is 6.42 Å². The Morgan fingerprint density at radius 3 is 2.21 bits per heavy atom. The Morgan fingerprint density at radius 1 is 1.16 bits per heavy atom. The fourth-order valence-corrected chi connectivity index (χ4v) is 2.10. The second kappa shape index (κ2) is 9.70. The number of hydrogen-bond acceptors (Lipinski definition) is 4. The number of rotatable bonds is 10. The molecule has 4 nitrogen and oxygen atoms in total. The molecule has 116 valence electrons. The van der Waals surface area contributed by atoms with Gasteiger partial charge in [-0.15, -0.1) is 0 Å². The third-order valence-corrected chi connectivity index (χ3v) is 3.20. The standard InChI is InChI=1S/C15H35N3O/c1-8-18(11-9-10-17(5)6)14(13-19-7)12-16-15(2,3)4/h14,16H,8-13H2,1-7H3. The Balaban J connectivity index is 4.27. The van der Waals surface area contributed by atoms with Crippen molar-refractivity contribution in [1.82, 2.24) is 15.1 Å². The highest BCUT2D eigenvalue weighted by Crippen LogP contribution is 2.05. The summed E-state index contributed by atoms with van der Waals surface area (Å²) in [5, 5.41) is 3.59. The van der Waals surface area contributed by atoms with Gasteiger partial charge >= 0.3 is 0 Å². The zero-order valence-corrected chi connectivity index (χ0v) is 14.1. The second-order valence-corrected chi connectivity index (χ2v) is 6.53. The molecular weight excluding hydrogens is 238 g/mol. The summed E-state index contributed by atoms with van der Waals surface area (Å²) in [4.78, 5) is 4.76. The van der Waals surface area contributed by atoms with Crippen molar-refractivity contribution >= 4 is 0 Å². The second-order valence-electron chi connectivity index (χ2n) is 6.53. The lowest BCUT2D eigenvalue weighted by Gasteiger charge is -2.33. The number of methoxy groups -OCH3 is 1. The summed E-state index contributed by atoms with van der Waals surface area (Å²) in [6, 6.07) is 0.455. The summed E-state index contributed by atoms with van der Waals surface area (Å²) >= 11 is 0. The van der Waals surface area contributed by atoms with Crippen LogP contribution >= 0.6 is 0 Å². The van der Waals surface area contributed by atoms with Gasteiger partial charge in [0.05, 0.1) is 6.61 Å². The Bertz CT molecular complexity index is 214. The van der Waals surface area contributed by atoms with E-state index < -0.39 is 0 Å². The Labute approximate surface area is 120 Å². The molecule has 1 unspecified atom stereocenters. The lowest BCUT2D eigenvalue weighted by atomic mass is 10.1. The van der Waals surface area contributed by atoms with Gasteiger partial charge in [0.2, 0.25) is 0 Å². The molecule has 0 rings (SSSR count). The van der Waals surface area contributed by atoms with E-state index >= 15 is 0 Å². The predicted octanol–water partition coefficient (Wildman–Crippen LogP) is 1.66. The van der Waals surface area contributed by atoms with Crippen LogP contribution in [-0.4, -0.2) is 75.4 Å². The summed E-state index contributed by atoms with van der Waals surface area (Å²) in [6.45, 7) is 14.0. The molecule has 0 heterocycles. The third-order valence-electron chi connectivity index (χ3n) is 3.20. The summed E-state index contributed by atoms with van der Waals surface area (Å²) in [5.74, 6) is 0. The fourth-order valence-electron chi connectivity index (χ4n) is 2.10. The predicted molar refractivity (Wildman–Crippen MR) is 83.8 cm³/mol. The summed E-state index contributed by atoms with van der Waals surface area (Å²) in [6.07, 6.45) is 1.20. The van der Waals surface area contributed by atoms with Crippen molar-refractivity contribution in [3.8, 4) is 0 Å². The van der Waals surface area contributed by atoms with E-state index in [0.717, 1.165) is 32.8 Å². The molecule has 19 heavy (non-hydrogen) atoms.